The third kappa shape index (κ3) is 4.91. The van der Waals surface area contributed by atoms with Gasteiger partial charge in [-0.3, -0.25) is 4.98 Å². The SMILES string of the molecule is CCOC1COCC1NC(=O)Nc1ccc(Oc2cccnc2)cc1. The second-order valence-electron chi connectivity index (χ2n) is 5.55. The lowest BCUT2D eigenvalue weighted by Crippen LogP contribution is -2.45. The number of rotatable bonds is 6. The molecule has 3 rings (SSSR count). The van der Waals surface area contributed by atoms with Crippen molar-refractivity contribution in [2.45, 2.75) is 19.1 Å². The van der Waals surface area contributed by atoms with Crippen molar-refractivity contribution in [2.24, 2.45) is 0 Å². The van der Waals surface area contributed by atoms with Gasteiger partial charge in [0.05, 0.1) is 25.5 Å². The molecule has 0 spiro atoms. The molecule has 2 amide bonds. The van der Waals surface area contributed by atoms with Gasteiger partial charge < -0.3 is 24.8 Å². The molecule has 2 N–H and O–H groups in total. The molecular formula is C18H21N3O4. The maximum absolute atomic E-state index is 12.1. The monoisotopic (exact) mass is 343 g/mol. The number of ether oxygens (including phenoxy) is 3. The Kier molecular flexibility index (Phi) is 5.81. The number of hydrogen-bond acceptors (Lipinski definition) is 5. The molecule has 1 aromatic heterocycles. The average Bonchev–Trinajstić information content (AvgIpc) is 3.05. The molecule has 7 nitrogen and oxygen atoms in total. The number of nitrogens with zero attached hydrogens (tertiary/aromatic N) is 1. The summed E-state index contributed by atoms with van der Waals surface area (Å²) in [6.07, 6.45) is 3.22. The Hall–Kier alpha value is -2.64. The minimum atomic E-state index is -0.291. The van der Waals surface area contributed by atoms with Crippen molar-refractivity contribution in [1.29, 1.82) is 0 Å². The number of urea groups is 1. The number of carbonyl (C=O) groups excluding carboxylic acids is 1. The molecule has 2 atom stereocenters. The van der Waals surface area contributed by atoms with Crippen LogP contribution in [0.15, 0.2) is 48.8 Å². The minimum Gasteiger partial charge on any atom is -0.456 e. The van der Waals surface area contributed by atoms with Gasteiger partial charge >= 0.3 is 6.03 Å². The van der Waals surface area contributed by atoms with Crippen LogP contribution in [-0.4, -0.2) is 43.0 Å². The molecule has 0 bridgehead atoms. The third-order valence-corrected chi connectivity index (χ3v) is 3.71. The van der Waals surface area contributed by atoms with E-state index in [-0.39, 0.29) is 18.2 Å². The number of carbonyl (C=O) groups is 1. The summed E-state index contributed by atoms with van der Waals surface area (Å²) in [5.74, 6) is 1.32. The van der Waals surface area contributed by atoms with E-state index in [1.807, 2.05) is 13.0 Å². The van der Waals surface area contributed by atoms with Crippen molar-refractivity contribution in [3.63, 3.8) is 0 Å². The summed E-state index contributed by atoms with van der Waals surface area (Å²) >= 11 is 0. The van der Waals surface area contributed by atoms with Crippen LogP contribution < -0.4 is 15.4 Å². The fraction of sp³-hybridized carbons (Fsp3) is 0.333. The number of aromatic nitrogens is 1. The molecule has 2 heterocycles. The highest BCUT2D eigenvalue weighted by Crippen LogP contribution is 2.22. The Labute approximate surface area is 146 Å². The summed E-state index contributed by atoms with van der Waals surface area (Å²) in [5, 5.41) is 5.67. The van der Waals surface area contributed by atoms with Crippen molar-refractivity contribution in [3.8, 4) is 11.5 Å². The Bertz CT molecular complexity index is 678. The van der Waals surface area contributed by atoms with E-state index in [1.165, 1.54) is 0 Å². The molecule has 0 saturated carbocycles. The molecular weight excluding hydrogens is 322 g/mol. The highest BCUT2D eigenvalue weighted by molar-refractivity contribution is 5.89. The van der Waals surface area contributed by atoms with Crippen LogP contribution in [0.4, 0.5) is 10.5 Å². The van der Waals surface area contributed by atoms with Gasteiger partial charge in [-0.1, -0.05) is 0 Å². The van der Waals surface area contributed by atoms with E-state index in [4.69, 9.17) is 14.2 Å². The topological polar surface area (TPSA) is 81.7 Å². The van der Waals surface area contributed by atoms with Gasteiger partial charge in [0.25, 0.3) is 0 Å². The molecule has 7 heteroatoms. The van der Waals surface area contributed by atoms with Gasteiger partial charge in [0.15, 0.2) is 0 Å². The average molecular weight is 343 g/mol. The van der Waals surface area contributed by atoms with E-state index in [2.05, 4.69) is 15.6 Å². The van der Waals surface area contributed by atoms with E-state index in [9.17, 15) is 4.79 Å². The molecule has 1 aliphatic heterocycles. The van der Waals surface area contributed by atoms with Gasteiger partial charge in [0.1, 0.15) is 17.6 Å². The van der Waals surface area contributed by atoms with E-state index in [0.717, 1.165) is 0 Å². The predicted octanol–water partition coefficient (Wildman–Crippen LogP) is 2.80. The highest BCUT2D eigenvalue weighted by atomic mass is 16.5. The fourth-order valence-corrected chi connectivity index (χ4v) is 2.53. The molecule has 25 heavy (non-hydrogen) atoms. The lowest BCUT2D eigenvalue weighted by molar-refractivity contribution is 0.0428. The number of hydrogen-bond donors (Lipinski definition) is 2. The number of pyridine rings is 1. The zero-order chi connectivity index (χ0) is 17.5. The Balaban J connectivity index is 1.51. The van der Waals surface area contributed by atoms with Crippen LogP contribution in [0.1, 0.15) is 6.92 Å². The molecule has 132 valence electrons. The quantitative estimate of drug-likeness (QED) is 0.843. The van der Waals surface area contributed by atoms with Crippen LogP contribution in [0.3, 0.4) is 0 Å². The highest BCUT2D eigenvalue weighted by Gasteiger charge is 2.29. The molecule has 1 aromatic carbocycles. The van der Waals surface area contributed by atoms with E-state index in [1.54, 1.807) is 42.7 Å². The predicted molar refractivity (Wildman–Crippen MR) is 92.9 cm³/mol. The van der Waals surface area contributed by atoms with Crippen LogP contribution in [0.2, 0.25) is 0 Å². The minimum absolute atomic E-state index is 0.106. The number of anilines is 1. The Morgan fingerprint density at radius 1 is 1.24 bits per heavy atom. The number of nitrogens with one attached hydrogen (secondary N) is 2. The number of benzene rings is 1. The summed E-state index contributed by atoms with van der Waals surface area (Å²) < 4.78 is 16.6. The maximum atomic E-state index is 12.1. The molecule has 1 aliphatic rings. The van der Waals surface area contributed by atoms with Crippen LogP contribution in [-0.2, 0) is 9.47 Å². The van der Waals surface area contributed by atoms with Crippen LogP contribution in [0.5, 0.6) is 11.5 Å². The lowest BCUT2D eigenvalue weighted by Gasteiger charge is -2.19. The van der Waals surface area contributed by atoms with Gasteiger partial charge in [0.2, 0.25) is 0 Å². The van der Waals surface area contributed by atoms with Crippen molar-refractivity contribution >= 4 is 11.7 Å². The smallest absolute Gasteiger partial charge is 0.319 e. The summed E-state index contributed by atoms with van der Waals surface area (Å²) in [6, 6.07) is 10.3. The fourth-order valence-electron chi connectivity index (χ4n) is 2.53. The van der Waals surface area contributed by atoms with Crippen LogP contribution in [0, 0.1) is 0 Å². The zero-order valence-electron chi connectivity index (χ0n) is 14.0. The van der Waals surface area contributed by atoms with Crippen molar-refractivity contribution in [1.82, 2.24) is 10.3 Å². The Morgan fingerprint density at radius 2 is 2.08 bits per heavy atom. The number of amides is 2. The summed E-state index contributed by atoms with van der Waals surface area (Å²) in [6.45, 7) is 3.46. The molecule has 2 unspecified atom stereocenters. The van der Waals surface area contributed by atoms with Gasteiger partial charge in [-0.2, -0.15) is 0 Å². The largest absolute Gasteiger partial charge is 0.456 e. The molecule has 2 aromatic rings. The molecule has 1 saturated heterocycles. The first-order valence-electron chi connectivity index (χ1n) is 8.19. The summed E-state index contributed by atoms with van der Waals surface area (Å²) in [7, 11) is 0. The standard InChI is InChI=1S/C18H21N3O4/c1-2-24-17-12-23-11-16(17)21-18(22)20-13-5-7-14(8-6-13)25-15-4-3-9-19-10-15/h3-10,16-17H,2,11-12H2,1H3,(H2,20,21,22). The zero-order valence-corrected chi connectivity index (χ0v) is 14.0. The maximum Gasteiger partial charge on any atom is 0.319 e. The summed E-state index contributed by atoms with van der Waals surface area (Å²) in [4.78, 5) is 16.1. The van der Waals surface area contributed by atoms with Crippen molar-refractivity contribution < 1.29 is 19.0 Å². The van der Waals surface area contributed by atoms with Gasteiger partial charge in [0, 0.05) is 18.5 Å². The molecule has 0 aliphatic carbocycles. The van der Waals surface area contributed by atoms with Gasteiger partial charge in [-0.05, 0) is 43.3 Å². The lowest BCUT2D eigenvalue weighted by atomic mass is 10.2. The second kappa shape index (κ2) is 8.46. The van der Waals surface area contributed by atoms with E-state index in [0.29, 0.717) is 37.0 Å². The second-order valence-corrected chi connectivity index (χ2v) is 5.55. The molecule has 0 radical (unpaired) electrons. The summed E-state index contributed by atoms with van der Waals surface area (Å²) in [5.41, 5.74) is 0.669. The van der Waals surface area contributed by atoms with Gasteiger partial charge in [-0.25, -0.2) is 4.79 Å². The van der Waals surface area contributed by atoms with Crippen molar-refractivity contribution in [2.75, 3.05) is 25.1 Å². The Morgan fingerprint density at radius 3 is 2.80 bits per heavy atom. The first kappa shape index (κ1) is 17.2. The van der Waals surface area contributed by atoms with E-state index >= 15 is 0 Å². The normalized spacial score (nSPS) is 19.4. The molecule has 1 fully saturated rings. The van der Waals surface area contributed by atoms with Crippen LogP contribution >= 0.6 is 0 Å². The van der Waals surface area contributed by atoms with Crippen molar-refractivity contribution in [3.05, 3.63) is 48.8 Å². The van der Waals surface area contributed by atoms with Gasteiger partial charge in [-0.15, -0.1) is 0 Å². The first-order valence-corrected chi connectivity index (χ1v) is 8.19. The van der Waals surface area contributed by atoms with Crippen LogP contribution in [0.25, 0.3) is 0 Å². The first-order chi connectivity index (χ1) is 12.2. The third-order valence-electron chi connectivity index (χ3n) is 3.71. The van der Waals surface area contributed by atoms with E-state index < -0.39 is 0 Å².